The second-order valence-electron chi connectivity index (χ2n) is 6.90. The van der Waals surface area contributed by atoms with Crippen molar-refractivity contribution in [3.8, 4) is 0 Å². The summed E-state index contributed by atoms with van der Waals surface area (Å²) >= 11 is 0. The number of anilines is 1. The van der Waals surface area contributed by atoms with Crippen LogP contribution in [0.2, 0.25) is 0 Å². The van der Waals surface area contributed by atoms with Gasteiger partial charge in [0.2, 0.25) is 0 Å². The van der Waals surface area contributed by atoms with Crippen molar-refractivity contribution in [2.24, 2.45) is 17.8 Å². The minimum atomic E-state index is -0.278. The number of hydrogen-bond acceptors (Lipinski definition) is 3. The van der Waals surface area contributed by atoms with Crippen LogP contribution in [0.15, 0.2) is 24.3 Å². The number of hydrogen-bond donors (Lipinski definition) is 1. The topological polar surface area (TPSA) is 55.4 Å². The lowest BCUT2D eigenvalue weighted by atomic mass is 9.86. The van der Waals surface area contributed by atoms with Crippen molar-refractivity contribution >= 4 is 17.6 Å². The number of benzene rings is 1. The molecular formula is C19H25NO3. The molecule has 0 unspecified atom stereocenters. The van der Waals surface area contributed by atoms with E-state index >= 15 is 0 Å². The Morgan fingerprint density at radius 2 is 2.13 bits per heavy atom. The average molecular weight is 315 g/mol. The molecule has 2 aliphatic rings. The van der Waals surface area contributed by atoms with Crippen molar-refractivity contribution in [2.75, 3.05) is 11.9 Å². The lowest BCUT2D eigenvalue weighted by Gasteiger charge is -2.20. The van der Waals surface area contributed by atoms with E-state index in [0.717, 1.165) is 30.0 Å². The molecule has 0 saturated heterocycles. The first-order valence-corrected chi connectivity index (χ1v) is 8.68. The third-order valence-electron chi connectivity index (χ3n) is 5.30. The highest BCUT2D eigenvalue weighted by Gasteiger charge is 2.40. The Hall–Kier alpha value is -1.84. The summed E-state index contributed by atoms with van der Waals surface area (Å²) in [6.45, 7) is 1.87. The highest BCUT2D eigenvalue weighted by atomic mass is 16.5. The molecule has 124 valence electrons. The van der Waals surface area contributed by atoms with Crippen LogP contribution in [-0.4, -0.2) is 18.5 Å². The molecule has 2 saturated carbocycles. The number of nitrogens with one attached hydrogen (secondary N) is 1. The molecule has 2 aliphatic carbocycles. The normalized spacial score (nSPS) is 25.3. The maximum atomic E-state index is 11.9. The minimum Gasteiger partial charge on any atom is -0.456 e. The van der Waals surface area contributed by atoms with Crippen LogP contribution in [0.1, 0.15) is 44.6 Å². The zero-order valence-electron chi connectivity index (χ0n) is 13.7. The SMILES string of the molecule is CCc1cccc(NC(=O)COC(=O)C[C@H]2C[C@H]3CC[C@@H]2C3)c1. The van der Waals surface area contributed by atoms with Gasteiger partial charge in [-0.15, -0.1) is 0 Å². The fourth-order valence-corrected chi connectivity index (χ4v) is 4.11. The smallest absolute Gasteiger partial charge is 0.306 e. The van der Waals surface area contributed by atoms with Gasteiger partial charge in [-0.3, -0.25) is 9.59 Å². The van der Waals surface area contributed by atoms with Crippen molar-refractivity contribution in [1.29, 1.82) is 0 Å². The van der Waals surface area contributed by atoms with E-state index in [1.54, 1.807) is 0 Å². The molecule has 0 aliphatic heterocycles. The van der Waals surface area contributed by atoms with E-state index in [2.05, 4.69) is 12.2 Å². The monoisotopic (exact) mass is 315 g/mol. The molecule has 4 heteroatoms. The van der Waals surface area contributed by atoms with Gasteiger partial charge in [0.25, 0.3) is 5.91 Å². The van der Waals surface area contributed by atoms with Gasteiger partial charge in [0.15, 0.2) is 6.61 Å². The van der Waals surface area contributed by atoms with E-state index < -0.39 is 0 Å². The molecule has 1 N–H and O–H groups in total. The molecular weight excluding hydrogens is 290 g/mol. The quantitative estimate of drug-likeness (QED) is 0.817. The Morgan fingerprint density at radius 3 is 2.83 bits per heavy atom. The maximum absolute atomic E-state index is 11.9. The number of carbonyl (C=O) groups is 2. The standard InChI is InChI=1S/C19H25NO3/c1-2-13-4-3-5-17(10-13)20-18(21)12-23-19(22)11-16-9-14-6-7-15(16)8-14/h3-5,10,14-16H,2,6-9,11-12H2,1H3,(H,20,21)/t14-,15+,16+/m0/s1. The molecule has 1 aromatic carbocycles. The van der Waals surface area contributed by atoms with E-state index in [1.807, 2.05) is 24.3 Å². The van der Waals surface area contributed by atoms with Crippen molar-refractivity contribution in [3.05, 3.63) is 29.8 Å². The van der Waals surface area contributed by atoms with Crippen LogP contribution < -0.4 is 5.32 Å². The van der Waals surface area contributed by atoms with Gasteiger partial charge in [-0.05, 0) is 61.1 Å². The minimum absolute atomic E-state index is 0.198. The molecule has 0 heterocycles. The molecule has 0 aromatic heterocycles. The molecule has 3 atom stereocenters. The van der Waals surface area contributed by atoms with Crippen LogP contribution in [0, 0.1) is 17.8 Å². The van der Waals surface area contributed by atoms with Gasteiger partial charge in [0, 0.05) is 12.1 Å². The van der Waals surface area contributed by atoms with E-state index in [4.69, 9.17) is 4.74 Å². The van der Waals surface area contributed by atoms with Crippen LogP contribution in [0.5, 0.6) is 0 Å². The second kappa shape index (κ2) is 7.16. The van der Waals surface area contributed by atoms with E-state index in [0.29, 0.717) is 18.3 Å². The van der Waals surface area contributed by atoms with Crippen LogP contribution >= 0.6 is 0 Å². The fraction of sp³-hybridized carbons (Fsp3) is 0.579. The maximum Gasteiger partial charge on any atom is 0.306 e. The average Bonchev–Trinajstić information content (AvgIpc) is 3.16. The van der Waals surface area contributed by atoms with Crippen molar-refractivity contribution in [3.63, 3.8) is 0 Å². The molecule has 0 spiro atoms. The van der Waals surface area contributed by atoms with Crippen molar-refractivity contribution in [2.45, 2.75) is 45.4 Å². The second-order valence-corrected chi connectivity index (χ2v) is 6.90. The predicted molar refractivity (Wildman–Crippen MR) is 89.0 cm³/mol. The summed E-state index contributed by atoms with van der Waals surface area (Å²) in [5.74, 6) is 1.50. The van der Waals surface area contributed by atoms with E-state index in [-0.39, 0.29) is 18.5 Å². The van der Waals surface area contributed by atoms with Gasteiger partial charge in [-0.1, -0.05) is 25.5 Å². The predicted octanol–water partition coefficient (Wildman–Crippen LogP) is 3.56. The molecule has 2 bridgehead atoms. The Kier molecular flexibility index (Phi) is 4.99. The Labute approximate surface area is 137 Å². The number of aryl methyl sites for hydroxylation is 1. The van der Waals surface area contributed by atoms with Crippen LogP contribution in [0.25, 0.3) is 0 Å². The summed E-state index contributed by atoms with van der Waals surface area (Å²) in [6.07, 6.45) is 6.43. The van der Waals surface area contributed by atoms with Crippen molar-refractivity contribution < 1.29 is 14.3 Å². The molecule has 2 fully saturated rings. The van der Waals surface area contributed by atoms with Crippen LogP contribution in [0.4, 0.5) is 5.69 Å². The lowest BCUT2D eigenvalue weighted by molar-refractivity contribution is -0.148. The third-order valence-corrected chi connectivity index (χ3v) is 5.30. The van der Waals surface area contributed by atoms with Crippen LogP contribution in [-0.2, 0) is 20.7 Å². The summed E-state index contributed by atoms with van der Waals surface area (Å²) in [5.41, 5.74) is 1.91. The van der Waals surface area contributed by atoms with Gasteiger partial charge in [0.1, 0.15) is 0 Å². The van der Waals surface area contributed by atoms with Gasteiger partial charge in [-0.2, -0.15) is 0 Å². The molecule has 1 amide bonds. The zero-order valence-corrected chi connectivity index (χ0v) is 13.7. The number of fused-ring (bicyclic) bond motifs is 2. The fourth-order valence-electron chi connectivity index (χ4n) is 4.11. The summed E-state index contributed by atoms with van der Waals surface area (Å²) < 4.78 is 5.15. The summed E-state index contributed by atoms with van der Waals surface area (Å²) in [7, 11) is 0. The summed E-state index contributed by atoms with van der Waals surface area (Å²) in [4.78, 5) is 23.8. The number of carbonyl (C=O) groups excluding carboxylic acids is 2. The van der Waals surface area contributed by atoms with Gasteiger partial charge in [0.05, 0.1) is 0 Å². The molecule has 23 heavy (non-hydrogen) atoms. The first-order valence-electron chi connectivity index (χ1n) is 8.68. The Morgan fingerprint density at radius 1 is 1.26 bits per heavy atom. The van der Waals surface area contributed by atoms with Gasteiger partial charge >= 0.3 is 5.97 Å². The Balaban J connectivity index is 1.40. The summed E-state index contributed by atoms with van der Waals surface area (Å²) in [5, 5.41) is 2.78. The number of ether oxygens (including phenoxy) is 1. The largest absolute Gasteiger partial charge is 0.456 e. The van der Waals surface area contributed by atoms with E-state index in [9.17, 15) is 9.59 Å². The van der Waals surface area contributed by atoms with Gasteiger partial charge in [-0.25, -0.2) is 0 Å². The zero-order chi connectivity index (χ0) is 16.2. The highest BCUT2D eigenvalue weighted by Crippen LogP contribution is 2.49. The van der Waals surface area contributed by atoms with Crippen molar-refractivity contribution in [1.82, 2.24) is 0 Å². The van der Waals surface area contributed by atoms with Gasteiger partial charge < -0.3 is 10.1 Å². The number of esters is 1. The molecule has 0 radical (unpaired) electrons. The summed E-state index contributed by atoms with van der Waals surface area (Å²) in [6, 6.07) is 7.71. The molecule has 4 nitrogen and oxygen atoms in total. The first-order chi connectivity index (χ1) is 11.1. The molecule has 1 aromatic rings. The number of rotatable bonds is 6. The first kappa shape index (κ1) is 16.0. The highest BCUT2D eigenvalue weighted by molar-refractivity contribution is 5.92. The third kappa shape index (κ3) is 4.12. The Bertz CT molecular complexity index is 584. The lowest BCUT2D eigenvalue weighted by Crippen LogP contribution is -2.23. The number of amides is 1. The molecule has 3 rings (SSSR count). The van der Waals surface area contributed by atoms with Crippen LogP contribution in [0.3, 0.4) is 0 Å². The van der Waals surface area contributed by atoms with E-state index in [1.165, 1.54) is 19.3 Å².